The van der Waals surface area contributed by atoms with Crippen LogP contribution in [0.2, 0.25) is 0 Å². The Labute approximate surface area is 218 Å². The number of hydrogen-bond donors (Lipinski definition) is 0. The van der Waals surface area contributed by atoms with Crippen molar-refractivity contribution in [2.24, 2.45) is 0 Å². The molecule has 1 atom stereocenters. The number of rotatable bonds is 4. The molecule has 0 amide bonds. The third-order valence-electron chi connectivity index (χ3n) is 7.58. The van der Waals surface area contributed by atoms with Crippen LogP contribution in [0.5, 0.6) is 5.75 Å². The van der Waals surface area contributed by atoms with Gasteiger partial charge in [0.2, 0.25) is 0 Å². The summed E-state index contributed by atoms with van der Waals surface area (Å²) in [4.78, 5) is 0. The highest BCUT2D eigenvalue weighted by Gasteiger charge is 2.38. The van der Waals surface area contributed by atoms with Crippen LogP contribution in [-0.4, -0.2) is 6.10 Å². The Morgan fingerprint density at radius 2 is 1.16 bits per heavy atom. The third kappa shape index (κ3) is 3.70. The van der Waals surface area contributed by atoms with Gasteiger partial charge in [-0.2, -0.15) is 0 Å². The van der Waals surface area contributed by atoms with Crippen LogP contribution >= 0.6 is 0 Å². The van der Waals surface area contributed by atoms with Crippen molar-refractivity contribution < 1.29 is 4.74 Å². The largest absolute Gasteiger partial charge is 0.484 e. The van der Waals surface area contributed by atoms with Gasteiger partial charge in [-0.05, 0) is 40.7 Å². The lowest BCUT2D eigenvalue weighted by Crippen LogP contribution is -2.12. The second kappa shape index (κ2) is 9.26. The zero-order valence-electron chi connectivity index (χ0n) is 20.7. The second-order valence-corrected chi connectivity index (χ2v) is 9.83. The Morgan fingerprint density at radius 1 is 0.568 bits per heavy atom. The van der Waals surface area contributed by atoms with Gasteiger partial charge < -0.3 is 4.74 Å². The molecule has 7 rings (SSSR count). The number of hydrogen-bond acceptors (Lipinski definition) is 1. The molecular weight excluding hydrogens is 448 g/mol. The molecule has 4 aromatic carbocycles. The number of allylic oxidation sites excluding steroid dienone is 6. The topological polar surface area (TPSA) is 9.23 Å². The van der Waals surface area contributed by atoms with Crippen molar-refractivity contribution in [3.8, 4) is 39.1 Å². The molecule has 3 aliphatic rings. The lowest BCUT2D eigenvalue weighted by molar-refractivity contribution is 0.280. The van der Waals surface area contributed by atoms with Crippen molar-refractivity contribution in [3.63, 3.8) is 0 Å². The molecule has 1 heterocycles. The summed E-state index contributed by atoms with van der Waals surface area (Å²) in [5, 5.41) is 0. The van der Waals surface area contributed by atoms with Crippen LogP contribution < -0.4 is 4.74 Å². The van der Waals surface area contributed by atoms with Crippen LogP contribution in [0.25, 0.3) is 44.5 Å². The van der Waals surface area contributed by atoms with Crippen LogP contribution in [0.4, 0.5) is 0 Å². The Balaban J connectivity index is 1.71. The maximum Gasteiger partial charge on any atom is 0.137 e. The first-order valence-electron chi connectivity index (χ1n) is 13.2. The summed E-state index contributed by atoms with van der Waals surface area (Å²) in [5.74, 6) is 1.01. The highest BCUT2D eigenvalue weighted by Crippen LogP contribution is 2.57. The molecule has 1 unspecified atom stereocenters. The molecule has 0 saturated carbocycles. The first-order valence-corrected chi connectivity index (χ1v) is 13.2. The first-order chi connectivity index (χ1) is 18.4. The molecule has 0 N–H and O–H groups in total. The van der Waals surface area contributed by atoms with Crippen LogP contribution in [0.15, 0.2) is 127 Å². The highest BCUT2D eigenvalue weighted by atomic mass is 16.5. The average Bonchev–Trinajstić information content (AvgIpc) is 3.37. The van der Waals surface area contributed by atoms with E-state index < -0.39 is 0 Å². The summed E-state index contributed by atoms with van der Waals surface area (Å²) >= 11 is 0. The van der Waals surface area contributed by atoms with Gasteiger partial charge in [-0.1, -0.05) is 127 Å². The van der Waals surface area contributed by atoms with E-state index in [1.165, 1.54) is 55.7 Å². The van der Waals surface area contributed by atoms with E-state index in [0.29, 0.717) is 0 Å². The van der Waals surface area contributed by atoms with Crippen LogP contribution in [-0.2, 0) is 0 Å². The average molecular weight is 477 g/mol. The summed E-state index contributed by atoms with van der Waals surface area (Å²) in [5.41, 5.74) is 12.4. The van der Waals surface area contributed by atoms with Crippen molar-refractivity contribution in [3.05, 3.63) is 139 Å². The maximum atomic E-state index is 6.91. The Kier molecular flexibility index (Phi) is 5.48. The highest BCUT2D eigenvalue weighted by molar-refractivity contribution is 6.09. The van der Waals surface area contributed by atoms with E-state index >= 15 is 0 Å². The molecule has 0 radical (unpaired) electrons. The van der Waals surface area contributed by atoms with E-state index in [0.717, 1.165) is 25.0 Å². The molecule has 0 spiro atoms. The van der Waals surface area contributed by atoms with E-state index in [1.807, 2.05) is 0 Å². The molecule has 1 aliphatic heterocycles. The van der Waals surface area contributed by atoms with E-state index in [2.05, 4.69) is 127 Å². The smallest absolute Gasteiger partial charge is 0.137 e. The first kappa shape index (κ1) is 21.9. The number of ether oxygens (including phenoxy) is 1. The maximum absolute atomic E-state index is 6.91. The SMILES string of the molecule is C1=CCC2Oc3c(c(-c4ccccc4)c(-c4ccccc4)c(C4=CCCC=C4)c3-c3ccccc3)C2=C1. The fraction of sp³-hybridized carbons (Fsp3) is 0.111. The third-order valence-corrected chi connectivity index (χ3v) is 7.58. The zero-order chi connectivity index (χ0) is 24.6. The van der Waals surface area contributed by atoms with Gasteiger partial charge >= 0.3 is 0 Å². The van der Waals surface area contributed by atoms with Crippen molar-refractivity contribution in [2.75, 3.05) is 0 Å². The van der Waals surface area contributed by atoms with E-state index in [-0.39, 0.29) is 6.10 Å². The van der Waals surface area contributed by atoms with Gasteiger partial charge in [0, 0.05) is 34.2 Å². The lowest BCUT2D eigenvalue weighted by Gasteiger charge is -2.25. The molecule has 0 aromatic heterocycles. The minimum atomic E-state index is 0.0414. The summed E-state index contributed by atoms with van der Waals surface area (Å²) in [6, 6.07) is 32.6. The van der Waals surface area contributed by atoms with Crippen LogP contribution in [0, 0.1) is 0 Å². The van der Waals surface area contributed by atoms with Crippen molar-refractivity contribution >= 4 is 11.1 Å². The van der Waals surface area contributed by atoms with Crippen molar-refractivity contribution in [2.45, 2.75) is 25.4 Å². The fourth-order valence-electron chi connectivity index (χ4n) is 5.98. The Morgan fingerprint density at radius 3 is 1.76 bits per heavy atom. The van der Waals surface area contributed by atoms with E-state index in [4.69, 9.17) is 4.74 Å². The Hall–Kier alpha value is -4.36. The van der Waals surface area contributed by atoms with Gasteiger partial charge in [0.1, 0.15) is 11.9 Å². The van der Waals surface area contributed by atoms with Gasteiger partial charge in [0.15, 0.2) is 0 Å². The minimum absolute atomic E-state index is 0.0414. The molecule has 4 aromatic rings. The van der Waals surface area contributed by atoms with Gasteiger partial charge in [-0.15, -0.1) is 0 Å². The molecule has 1 nitrogen and oxygen atoms in total. The Bertz CT molecular complexity index is 1590. The van der Waals surface area contributed by atoms with Crippen LogP contribution in [0.3, 0.4) is 0 Å². The second-order valence-electron chi connectivity index (χ2n) is 9.83. The van der Waals surface area contributed by atoms with E-state index in [1.54, 1.807) is 0 Å². The summed E-state index contributed by atoms with van der Waals surface area (Å²) in [6.07, 6.45) is 16.7. The van der Waals surface area contributed by atoms with Gasteiger partial charge in [-0.3, -0.25) is 0 Å². The number of benzene rings is 4. The predicted molar refractivity (Wildman–Crippen MR) is 155 cm³/mol. The molecule has 0 saturated heterocycles. The molecule has 0 bridgehead atoms. The molecule has 178 valence electrons. The predicted octanol–water partition coefficient (Wildman–Crippen LogP) is 9.53. The molecular formula is C36H28O. The van der Waals surface area contributed by atoms with Gasteiger partial charge in [-0.25, -0.2) is 0 Å². The minimum Gasteiger partial charge on any atom is -0.484 e. The molecule has 2 aliphatic carbocycles. The van der Waals surface area contributed by atoms with Crippen molar-refractivity contribution in [1.82, 2.24) is 0 Å². The van der Waals surface area contributed by atoms with Crippen molar-refractivity contribution in [1.29, 1.82) is 0 Å². The molecule has 1 heteroatoms. The summed E-state index contributed by atoms with van der Waals surface area (Å²) in [6.45, 7) is 0. The lowest BCUT2D eigenvalue weighted by atomic mass is 9.77. The fourth-order valence-corrected chi connectivity index (χ4v) is 5.98. The molecule has 0 fully saturated rings. The normalized spacial score (nSPS) is 17.5. The quantitative estimate of drug-likeness (QED) is 0.285. The molecule has 37 heavy (non-hydrogen) atoms. The standard InChI is InChI=1S/C36H28O/c1-5-15-25(16-6-1)31-32(26-17-7-2-8-18-26)34(28-21-11-4-12-22-28)36-35(29-23-13-14-24-30(29)37-36)33(31)27-19-9-3-10-20-27/h1,3-7,9-23,30H,2,8,24H2. The van der Waals surface area contributed by atoms with E-state index in [9.17, 15) is 0 Å². The van der Waals surface area contributed by atoms with Crippen LogP contribution in [0.1, 0.15) is 30.4 Å². The van der Waals surface area contributed by atoms with Gasteiger partial charge in [0.25, 0.3) is 0 Å². The number of fused-ring (bicyclic) bond motifs is 3. The monoisotopic (exact) mass is 476 g/mol. The summed E-state index contributed by atoms with van der Waals surface area (Å²) < 4.78 is 6.91. The summed E-state index contributed by atoms with van der Waals surface area (Å²) in [7, 11) is 0. The zero-order valence-corrected chi connectivity index (χ0v) is 20.7. The van der Waals surface area contributed by atoms with Gasteiger partial charge in [0.05, 0.1) is 0 Å².